The average molecular weight is 510 g/mol. The molecule has 1 aromatic heterocycles. The number of pyridine rings is 1. The quantitative estimate of drug-likeness (QED) is 0.275. The van der Waals surface area contributed by atoms with Gasteiger partial charge in [-0.2, -0.15) is 13.2 Å². The zero-order valence-corrected chi connectivity index (χ0v) is 20.0. The topological polar surface area (TPSA) is 77.2 Å². The monoisotopic (exact) mass is 509 g/mol. The third-order valence-electron chi connectivity index (χ3n) is 4.65. The predicted molar refractivity (Wildman–Crippen MR) is 128 cm³/mol. The lowest BCUT2D eigenvalue weighted by atomic mass is 10.1. The minimum Gasteiger partial charge on any atom is -0.489 e. The highest BCUT2D eigenvalue weighted by atomic mass is 32.1. The zero-order chi connectivity index (χ0) is 25.8. The van der Waals surface area contributed by atoms with Crippen LogP contribution in [-0.4, -0.2) is 16.9 Å². The van der Waals surface area contributed by atoms with E-state index >= 15 is 0 Å². The Morgan fingerprint density at radius 3 is 2.46 bits per heavy atom. The summed E-state index contributed by atoms with van der Waals surface area (Å²) in [6.45, 7) is 2.22. The van der Waals surface area contributed by atoms with Gasteiger partial charge in [0.1, 0.15) is 23.9 Å². The second kappa shape index (κ2) is 13.7. The van der Waals surface area contributed by atoms with E-state index in [0.717, 1.165) is 29.1 Å². The summed E-state index contributed by atoms with van der Waals surface area (Å²) in [5.41, 5.74) is 5.96. The second-order valence-corrected chi connectivity index (χ2v) is 8.09. The smallest absolute Gasteiger partial charge is 0.433 e. The summed E-state index contributed by atoms with van der Waals surface area (Å²) >= 11 is 3.97. The van der Waals surface area contributed by atoms with Crippen LogP contribution in [0.15, 0.2) is 71.8 Å². The van der Waals surface area contributed by atoms with E-state index in [0.29, 0.717) is 24.3 Å². The summed E-state index contributed by atoms with van der Waals surface area (Å²) in [7, 11) is 0. The van der Waals surface area contributed by atoms with Crippen molar-refractivity contribution in [1.29, 1.82) is 0 Å². The van der Waals surface area contributed by atoms with Gasteiger partial charge < -0.3 is 15.8 Å². The van der Waals surface area contributed by atoms with Crippen molar-refractivity contribution < 1.29 is 27.1 Å². The largest absolute Gasteiger partial charge is 0.489 e. The number of nitrogens with zero attached hydrogens (tertiary/aromatic N) is 1. The van der Waals surface area contributed by atoms with Gasteiger partial charge in [-0.1, -0.05) is 25.5 Å². The summed E-state index contributed by atoms with van der Waals surface area (Å²) < 4.78 is 55.7. The molecule has 0 saturated carbocycles. The first-order chi connectivity index (χ1) is 16.6. The number of carbonyl (C=O) groups is 1. The van der Waals surface area contributed by atoms with Crippen molar-refractivity contribution in [3.63, 3.8) is 0 Å². The van der Waals surface area contributed by atoms with Gasteiger partial charge in [-0.15, -0.1) is 12.6 Å². The maximum absolute atomic E-state index is 12.7. The third kappa shape index (κ3) is 10.4. The number of ether oxygens (including phenoxy) is 1. The van der Waals surface area contributed by atoms with E-state index in [2.05, 4.69) is 22.9 Å². The van der Waals surface area contributed by atoms with E-state index in [1.54, 1.807) is 30.3 Å². The molecule has 3 N–H and O–H groups in total. The number of carbonyl (C=O) groups excluding carboxylic acids is 1. The molecule has 0 spiro atoms. The van der Waals surface area contributed by atoms with Crippen molar-refractivity contribution in [2.24, 2.45) is 5.73 Å². The first-order valence-electron chi connectivity index (χ1n) is 10.8. The molecule has 3 rings (SSSR count). The van der Waals surface area contributed by atoms with E-state index in [1.807, 2.05) is 13.0 Å². The molecular formula is C25H27F4N3O2S. The molecule has 0 fully saturated rings. The highest BCUT2D eigenvalue weighted by Gasteiger charge is 2.32. The van der Waals surface area contributed by atoms with Crippen molar-refractivity contribution in [2.75, 3.05) is 0 Å². The van der Waals surface area contributed by atoms with E-state index in [9.17, 15) is 22.4 Å². The molecule has 0 aliphatic heterocycles. The lowest BCUT2D eigenvalue weighted by molar-refractivity contribution is -0.141. The zero-order valence-electron chi connectivity index (χ0n) is 19.1. The summed E-state index contributed by atoms with van der Waals surface area (Å²) in [6, 6.07) is 14.8. The van der Waals surface area contributed by atoms with Crippen molar-refractivity contribution in [3.8, 4) is 5.75 Å². The van der Waals surface area contributed by atoms with Crippen LogP contribution in [-0.2, 0) is 24.1 Å². The van der Waals surface area contributed by atoms with Crippen LogP contribution in [0.2, 0.25) is 0 Å². The lowest BCUT2D eigenvalue weighted by Gasteiger charge is -2.12. The number of amides is 1. The number of aromatic nitrogens is 1. The van der Waals surface area contributed by atoms with Crippen LogP contribution < -0.4 is 15.8 Å². The Labute approximate surface area is 207 Å². The van der Waals surface area contributed by atoms with Crippen molar-refractivity contribution in [3.05, 3.63) is 89.5 Å². The van der Waals surface area contributed by atoms with Crippen LogP contribution >= 0.6 is 12.6 Å². The molecule has 0 aliphatic rings. The van der Waals surface area contributed by atoms with Crippen molar-refractivity contribution >= 4 is 18.5 Å². The van der Waals surface area contributed by atoms with Crippen LogP contribution in [0.3, 0.4) is 0 Å². The molecule has 1 heterocycles. The summed E-state index contributed by atoms with van der Waals surface area (Å²) in [5.74, 6) is 0.0485. The van der Waals surface area contributed by atoms with Crippen LogP contribution in [0.25, 0.3) is 0 Å². The van der Waals surface area contributed by atoms with Gasteiger partial charge in [0.15, 0.2) is 0 Å². The third-order valence-corrected chi connectivity index (χ3v) is 4.95. The summed E-state index contributed by atoms with van der Waals surface area (Å²) in [6.07, 6.45) is -1.95. The van der Waals surface area contributed by atoms with E-state index in [-0.39, 0.29) is 18.3 Å². The molecule has 0 radical (unpaired) electrons. The van der Waals surface area contributed by atoms with Crippen LogP contribution in [0, 0.1) is 5.82 Å². The first-order valence-corrected chi connectivity index (χ1v) is 11.2. The number of hydrogen-bond acceptors (Lipinski definition) is 5. The molecule has 1 amide bonds. The number of nitrogens with two attached hydrogens (primary N) is 1. The Morgan fingerprint density at radius 2 is 1.83 bits per heavy atom. The Hall–Kier alpha value is -3.11. The fourth-order valence-corrected chi connectivity index (χ4v) is 2.98. The maximum atomic E-state index is 12.7. The first kappa shape index (κ1) is 28.1. The van der Waals surface area contributed by atoms with Crippen LogP contribution in [0.5, 0.6) is 5.75 Å². The fourth-order valence-electron chi connectivity index (χ4n) is 2.83. The van der Waals surface area contributed by atoms with E-state index < -0.39 is 17.9 Å². The van der Waals surface area contributed by atoms with E-state index in [4.69, 9.17) is 10.5 Å². The number of nitrogens with one attached hydrogen (secondary N) is 1. The number of rotatable bonds is 8. The Morgan fingerprint density at radius 1 is 1.11 bits per heavy atom. The standard InChI is InChI=1S/C19H22F3N3O2.C6H5FS/c1-2-4-16(23)18(26)25-11-13-5-3-6-15(9-13)27-12-14-7-8-24-17(10-14)19(20,21)22;7-5-1-3-6(8)4-2-5/h3,5-10,16H,2,4,11-12,23H2,1H3,(H,25,26);1-4,8H. The molecule has 3 aromatic rings. The molecule has 10 heteroatoms. The summed E-state index contributed by atoms with van der Waals surface area (Å²) in [5, 5.41) is 2.76. The van der Waals surface area contributed by atoms with Gasteiger partial charge in [-0.25, -0.2) is 4.39 Å². The molecule has 0 bridgehead atoms. The number of halogens is 4. The van der Waals surface area contributed by atoms with Gasteiger partial charge in [-0.05, 0) is 66.1 Å². The van der Waals surface area contributed by atoms with Gasteiger partial charge in [-0.3, -0.25) is 9.78 Å². The molecule has 0 aliphatic carbocycles. The van der Waals surface area contributed by atoms with Gasteiger partial charge in [0.05, 0.1) is 6.04 Å². The molecule has 1 unspecified atom stereocenters. The summed E-state index contributed by atoms with van der Waals surface area (Å²) in [4.78, 5) is 16.0. The number of benzene rings is 2. The van der Waals surface area contributed by atoms with Crippen LogP contribution in [0.4, 0.5) is 17.6 Å². The molecular weight excluding hydrogens is 482 g/mol. The molecule has 5 nitrogen and oxygen atoms in total. The maximum Gasteiger partial charge on any atom is 0.433 e. The number of thiol groups is 1. The minimum absolute atomic E-state index is 0.0250. The Balaban J connectivity index is 0.000000456. The van der Waals surface area contributed by atoms with Gasteiger partial charge in [0.2, 0.25) is 5.91 Å². The highest BCUT2D eigenvalue weighted by molar-refractivity contribution is 7.80. The van der Waals surface area contributed by atoms with Gasteiger partial charge >= 0.3 is 6.18 Å². The van der Waals surface area contributed by atoms with Gasteiger partial charge in [0.25, 0.3) is 0 Å². The molecule has 35 heavy (non-hydrogen) atoms. The van der Waals surface area contributed by atoms with Crippen LogP contribution in [0.1, 0.15) is 36.6 Å². The molecule has 0 saturated heterocycles. The van der Waals surface area contributed by atoms with Crippen molar-refractivity contribution in [2.45, 2.75) is 50.0 Å². The Kier molecular flexibility index (Phi) is 11.0. The fraction of sp³-hybridized carbons (Fsp3) is 0.280. The SMILES string of the molecule is CCCC(N)C(=O)NCc1cccc(OCc2ccnc(C(F)(F)F)c2)c1.Fc1ccc(S)cc1. The normalized spacial score (nSPS) is 11.7. The lowest BCUT2D eigenvalue weighted by Crippen LogP contribution is -2.40. The molecule has 2 aromatic carbocycles. The minimum atomic E-state index is -4.49. The number of alkyl halides is 3. The molecule has 1 atom stereocenters. The van der Waals surface area contributed by atoms with E-state index in [1.165, 1.54) is 18.2 Å². The second-order valence-electron chi connectivity index (χ2n) is 7.57. The number of hydrogen-bond donors (Lipinski definition) is 3. The average Bonchev–Trinajstić information content (AvgIpc) is 2.83. The predicted octanol–water partition coefficient (Wildman–Crippen LogP) is 5.54. The van der Waals surface area contributed by atoms with Crippen molar-refractivity contribution in [1.82, 2.24) is 10.3 Å². The highest BCUT2D eigenvalue weighted by Crippen LogP contribution is 2.28. The van der Waals surface area contributed by atoms with Gasteiger partial charge in [0, 0.05) is 17.6 Å². The molecule has 188 valence electrons. The Bertz CT molecular complexity index is 1060.